The highest BCUT2D eigenvalue weighted by Gasteiger charge is 2.21. The second-order valence-electron chi connectivity index (χ2n) is 8.26. The van der Waals surface area contributed by atoms with E-state index < -0.39 is 9.84 Å². The quantitative estimate of drug-likeness (QED) is 0.444. The summed E-state index contributed by atoms with van der Waals surface area (Å²) in [6.45, 7) is 13.0. The Morgan fingerprint density at radius 2 is 1.96 bits per heavy atom. The molecule has 1 atom stereocenters. The van der Waals surface area contributed by atoms with Crippen LogP contribution in [0.5, 0.6) is 0 Å². The molecule has 0 aromatic carbocycles. The number of nitrogens with zero attached hydrogens (tertiary/aromatic N) is 2. The molecule has 0 radical (unpaired) electrons. The SMILES string of the molecule is CCNC(=NCC(C)(C)CCS(C)(=O)=O)NCCN1CCCCC1CC. The monoisotopic (exact) mass is 388 g/mol. The first-order chi connectivity index (χ1) is 12.2. The molecule has 1 aliphatic rings. The molecule has 1 unspecified atom stereocenters. The topological polar surface area (TPSA) is 73.8 Å². The summed E-state index contributed by atoms with van der Waals surface area (Å²) < 4.78 is 22.8. The van der Waals surface area contributed by atoms with Crippen LogP contribution in [0.2, 0.25) is 0 Å². The normalized spacial score (nSPS) is 20.2. The maximum atomic E-state index is 11.4. The fourth-order valence-corrected chi connectivity index (χ4v) is 4.23. The average Bonchev–Trinajstić information content (AvgIpc) is 2.58. The number of hydrogen-bond donors (Lipinski definition) is 2. The summed E-state index contributed by atoms with van der Waals surface area (Å²) in [5.41, 5.74) is -0.133. The van der Waals surface area contributed by atoms with Crippen molar-refractivity contribution < 1.29 is 8.42 Å². The third kappa shape index (κ3) is 9.76. The number of aliphatic imine (C=N–C) groups is 1. The van der Waals surface area contributed by atoms with Crippen LogP contribution in [-0.2, 0) is 9.84 Å². The zero-order chi connectivity index (χ0) is 19.6. The Labute approximate surface area is 161 Å². The molecule has 154 valence electrons. The van der Waals surface area contributed by atoms with Gasteiger partial charge in [0.2, 0.25) is 0 Å². The van der Waals surface area contributed by atoms with Gasteiger partial charge < -0.3 is 10.6 Å². The van der Waals surface area contributed by atoms with Crippen LogP contribution in [-0.4, -0.2) is 70.1 Å². The number of rotatable bonds is 10. The Bertz CT molecular complexity index is 532. The van der Waals surface area contributed by atoms with Crippen LogP contribution in [0.1, 0.15) is 59.8 Å². The lowest BCUT2D eigenvalue weighted by Gasteiger charge is -2.35. The van der Waals surface area contributed by atoms with E-state index in [-0.39, 0.29) is 11.2 Å². The molecule has 1 saturated heterocycles. The van der Waals surface area contributed by atoms with Gasteiger partial charge in [0, 0.05) is 38.5 Å². The number of hydrogen-bond acceptors (Lipinski definition) is 4. The summed E-state index contributed by atoms with van der Waals surface area (Å²) in [6.07, 6.45) is 7.12. The van der Waals surface area contributed by atoms with Gasteiger partial charge in [-0.2, -0.15) is 0 Å². The highest BCUT2D eigenvalue weighted by atomic mass is 32.2. The predicted molar refractivity (Wildman–Crippen MR) is 112 cm³/mol. The Hall–Kier alpha value is -0.820. The van der Waals surface area contributed by atoms with Crippen LogP contribution < -0.4 is 10.6 Å². The standard InChI is InChI=1S/C19H40N4O2S/c1-6-17-10-8-9-13-23(17)14-12-21-18(20-7-2)22-16-19(3,4)11-15-26(5,24)25/h17H,6-16H2,1-5H3,(H2,20,21,22). The fraction of sp³-hybridized carbons (Fsp3) is 0.947. The maximum Gasteiger partial charge on any atom is 0.191 e. The lowest BCUT2D eigenvalue weighted by atomic mass is 9.90. The molecular formula is C19H40N4O2S. The molecule has 0 saturated carbocycles. The third-order valence-electron chi connectivity index (χ3n) is 5.07. The Morgan fingerprint density at radius 3 is 2.58 bits per heavy atom. The van der Waals surface area contributed by atoms with Gasteiger partial charge in [0.05, 0.1) is 5.75 Å². The van der Waals surface area contributed by atoms with Crippen molar-refractivity contribution in [1.82, 2.24) is 15.5 Å². The Balaban J connectivity index is 2.49. The minimum absolute atomic E-state index is 0.133. The Kier molecular flexibility index (Phi) is 9.93. The van der Waals surface area contributed by atoms with E-state index in [2.05, 4.69) is 48.2 Å². The van der Waals surface area contributed by atoms with Crippen molar-refractivity contribution in [3.8, 4) is 0 Å². The highest BCUT2D eigenvalue weighted by molar-refractivity contribution is 7.90. The number of piperidine rings is 1. The number of sulfone groups is 1. The van der Waals surface area contributed by atoms with Gasteiger partial charge in [-0.05, 0) is 44.6 Å². The molecule has 1 aliphatic heterocycles. The first kappa shape index (κ1) is 23.2. The fourth-order valence-electron chi connectivity index (χ4n) is 3.31. The Morgan fingerprint density at radius 1 is 1.23 bits per heavy atom. The highest BCUT2D eigenvalue weighted by Crippen LogP contribution is 2.21. The van der Waals surface area contributed by atoms with E-state index in [1.807, 2.05) is 0 Å². The van der Waals surface area contributed by atoms with Crippen LogP contribution >= 0.6 is 0 Å². The van der Waals surface area contributed by atoms with Gasteiger partial charge in [-0.25, -0.2) is 8.42 Å². The molecule has 0 aromatic rings. The summed E-state index contributed by atoms with van der Waals surface area (Å²) >= 11 is 0. The molecule has 1 fully saturated rings. The van der Waals surface area contributed by atoms with Gasteiger partial charge in [-0.15, -0.1) is 0 Å². The van der Waals surface area contributed by atoms with Crippen molar-refractivity contribution in [1.29, 1.82) is 0 Å². The predicted octanol–water partition coefficient (Wildman–Crippen LogP) is 2.27. The van der Waals surface area contributed by atoms with Crippen molar-refractivity contribution >= 4 is 15.8 Å². The molecule has 0 amide bonds. The van der Waals surface area contributed by atoms with Gasteiger partial charge in [0.1, 0.15) is 9.84 Å². The zero-order valence-corrected chi connectivity index (χ0v) is 18.3. The lowest BCUT2D eigenvalue weighted by Crippen LogP contribution is -2.46. The minimum atomic E-state index is -2.93. The average molecular weight is 389 g/mol. The summed E-state index contributed by atoms with van der Waals surface area (Å²) in [7, 11) is -2.93. The second-order valence-corrected chi connectivity index (χ2v) is 10.5. The van der Waals surface area contributed by atoms with Crippen LogP contribution in [0.3, 0.4) is 0 Å². The van der Waals surface area contributed by atoms with E-state index in [1.54, 1.807) is 0 Å². The van der Waals surface area contributed by atoms with Gasteiger partial charge in [0.25, 0.3) is 0 Å². The van der Waals surface area contributed by atoms with Crippen LogP contribution in [0.25, 0.3) is 0 Å². The molecule has 1 heterocycles. The van der Waals surface area contributed by atoms with Gasteiger partial charge >= 0.3 is 0 Å². The molecule has 6 nitrogen and oxygen atoms in total. The zero-order valence-electron chi connectivity index (χ0n) is 17.5. The number of likely N-dealkylation sites (tertiary alicyclic amines) is 1. The van der Waals surface area contributed by atoms with Crippen molar-refractivity contribution in [3.05, 3.63) is 0 Å². The van der Waals surface area contributed by atoms with Crippen LogP contribution in [0.4, 0.5) is 0 Å². The van der Waals surface area contributed by atoms with E-state index in [1.165, 1.54) is 38.5 Å². The van der Waals surface area contributed by atoms with E-state index in [0.29, 0.717) is 13.0 Å². The maximum absolute atomic E-state index is 11.4. The molecule has 0 spiro atoms. The summed E-state index contributed by atoms with van der Waals surface area (Å²) in [5.74, 6) is 1.04. The van der Waals surface area contributed by atoms with E-state index >= 15 is 0 Å². The van der Waals surface area contributed by atoms with Crippen molar-refractivity contribution in [2.75, 3.05) is 44.7 Å². The molecule has 1 rings (SSSR count). The molecule has 0 aliphatic carbocycles. The third-order valence-corrected chi connectivity index (χ3v) is 6.02. The van der Waals surface area contributed by atoms with E-state index in [9.17, 15) is 8.42 Å². The summed E-state index contributed by atoms with van der Waals surface area (Å²) in [5, 5.41) is 6.73. The van der Waals surface area contributed by atoms with Crippen molar-refractivity contribution in [2.24, 2.45) is 10.4 Å². The first-order valence-corrected chi connectivity index (χ1v) is 12.2. The molecule has 0 aromatic heterocycles. The number of nitrogens with one attached hydrogen (secondary N) is 2. The molecule has 26 heavy (non-hydrogen) atoms. The molecular weight excluding hydrogens is 348 g/mol. The molecule has 0 bridgehead atoms. The molecule has 7 heteroatoms. The van der Waals surface area contributed by atoms with Crippen LogP contribution in [0, 0.1) is 5.41 Å². The van der Waals surface area contributed by atoms with Gasteiger partial charge in [-0.3, -0.25) is 9.89 Å². The molecule has 2 N–H and O–H groups in total. The van der Waals surface area contributed by atoms with Crippen LogP contribution in [0.15, 0.2) is 4.99 Å². The largest absolute Gasteiger partial charge is 0.357 e. The summed E-state index contributed by atoms with van der Waals surface area (Å²) in [4.78, 5) is 7.28. The summed E-state index contributed by atoms with van der Waals surface area (Å²) in [6, 6.07) is 0.722. The second kappa shape index (κ2) is 11.1. The smallest absolute Gasteiger partial charge is 0.191 e. The minimum Gasteiger partial charge on any atom is -0.357 e. The van der Waals surface area contributed by atoms with Gasteiger partial charge in [0.15, 0.2) is 5.96 Å². The van der Waals surface area contributed by atoms with E-state index in [4.69, 9.17) is 0 Å². The van der Waals surface area contributed by atoms with Gasteiger partial charge in [-0.1, -0.05) is 27.2 Å². The van der Waals surface area contributed by atoms with Crippen molar-refractivity contribution in [2.45, 2.75) is 65.8 Å². The lowest BCUT2D eigenvalue weighted by molar-refractivity contribution is 0.147. The van der Waals surface area contributed by atoms with Crippen molar-refractivity contribution in [3.63, 3.8) is 0 Å². The van der Waals surface area contributed by atoms with E-state index in [0.717, 1.165) is 31.6 Å². The first-order valence-electron chi connectivity index (χ1n) is 10.1. The number of guanidine groups is 1.